The van der Waals surface area contributed by atoms with E-state index in [0.29, 0.717) is 12.5 Å². The minimum absolute atomic E-state index is 0.166. The van der Waals surface area contributed by atoms with Gasteiger partial charge in [0.1, 0.15) is 0 Å². The molecule has 0 saturated carbocycles. The predicted molar refractivity (Wildman–Crippen MR) is 70.7 cm³/mol. The summed E-state index contributed by atoms with van der Waals surface area (Å²) < 4.78 is 16.4. The molecule has 5 nitrogen and oxygen atoms in total. The largest absolute Gasteiger partial charge is 0.469 e. The quantitative estimate of drug-likeness (QED) is 0.708. The second-order valence-corrected chi connectivity index (χ2v) is 5.72. The fourth-order valence-corrected chi connectivity index (χ4v) is 3.06. The fourth-order valence-electron chi connectivity index (χ4n) is 3.06. The molecule has 0 bridgehead atoms. The summed E-state index contributed by atoms with van der Waals surface area (Å²) >= 11 is 0. The van der Waals surface area contributed by atoms with Crippen LogP contribution in [0.4, 0.5) is 0 Å². The highest BCUT2D eigenvalue weighted by atomic mass is 16.7. The van der Waals surface area contributed by atoms with Crippen molar-refractivity contribution in [2.24, 2.45) is 5.92 Å². The summed E-state index contributed by atoms with van der Waals surface area (Å²) in [7, 11) is 1.40. The zero-order valence-electron chi connectivity index (χ0n) is 12.2. The van der Waals surface area contributed by atoms with Gasteiger partial charge in [-0.05, 0) is 32.4 Å². The van der Waals surface area contributed by atoms with Crippen LogP contribution in [0.3, 0.4) is 0 Å². The molecule has 0 N–H and O–H groups in total. The van der Waals surface area contributed by atoms with Crippen LogP contribution in [-0.2, 0) is 19.0 Å². The average molecular weight is 271 g/mol. The van der Waals surface area contributed by atoms with E-state index >= 15 is 0 Å². The number of methoxy groups -OCH3 is 1. The molecule has 5 heteroatoms. The molecule has 3 atom stereocenters. The van der Waals surface area contributed by atoms with E-state index in [-0.39, 0.29) is 18.5 Å². The van der Waals surface area contributed by atoms with E-state index in [4.69, 9.17) is 9.47 Å². The number of ether oxygens (including phenoxy) is 3. The van der Waals surface area contributed by atoms with Crippen molar-refractivity contribution in [3.8, 4) is 0 Å². The highest BCUT2D eigenvalue weighted by Crippen LogP contribution is 2.34. The smallest absolute Gasteiger partial charge is 0.308 e. The number of carbonyl (C=O) groups excluding carboxylic acids is 1. The van der Waals surface area contributed by atoms with Gasteiger partial charge in [-0.15, -0.1) is 0 Å². The van der Waals surface area contributed by atoms with Gasteiger partial charge in [0.2, 0.25) is 0 Å². The summed E-state index contributed by atoms with van der Waals surface area (Å²) in [6, 6.07) is 0. The van der Waals surface area contributed by atoms with Crippen molar-refractivity contribution in [3.05, 3.63) is 0 Å². The average Bonchev–Trinajstić information content (AvgIpc) is 2.96. The van der Waals surface area contributed by atoms with Gasteiger partial charge >= 0.3 is 5.97 Å². The van der Waals surface area contributed by atoms with Crippen LogP contribution < -0.4 is 0 Å². The van der Waals surface area contributed by atoms with Crippen molar-refractivity contribution in [2.75, 3.05) is 33.4 Å². The predicted octanol–water partition coefficient (Wildman–Crippen LogP) is 1.41. The molecule has 2 aliphatic rings. The SMILES string of the molecule is CCN1CCC(CC2(C)OCC(CC(=O)OC)O2)C1. The lowest BCUT2D eigenvalue weighted by molar-refractivity contribution is -0.169. The molecule has 0 aliphatic carbocycles. The van der Waals surface area contributed by atoms with Gasteiger partial charge in [-0.1, -0.05) is 6.92 Å². The number of esters is 1. The van der Waals surface area contributed by atoms with Gasteiger partial charge in [-0.2, -0.15) is 0 Å². The summed E-state index contributed by atoms with van der Waals surface area (Å²) in [4.78, 5) is 13.7. The Morgan fingerprint density at radius 1 is 1.53 bits per heavy atom. The second kappa shape index (κ2) is 6.20. The first-order valence-corrected chi connectivity index (χ1v) is 7.15. The minimum Gasteiger partial charge on any atom is -0.469 e. The number of rotatable bonds is 5. The summed E-state index contributed by atoms with van der Waals surface area (Å²) in [5.41, 5.74) is 0. The molecule has 110 valence electrons. The standard InChI is InChI=1S/C14H25NO4/c1-4-15-6-5-11(9-15)8-14(2)18-10-12(19-14)7-13(16)17-3/h11-12H,4-10H2,1-3H3. The third-order valence-electron chi connectivity index (χ3n) is 4.09. The van der Waals surface area contributed by atoms with Crippen molar-refractivity contribution in [1.82, 2.24) is 4.90 Å². The van der Waals surface area contributed by atoms with E-state index in [1.54, 1.807) is 0 Å². The molecule has 2 fully saturated rings. The molecule has 19 heavy (non-hydrogen) atoms. The number of hydrogen-bond donors (Lipinski definition) is 0. The third kappa shape index (κ3) is 3.91. The molecule has 2 rings (SSSR count). The van der Waals surface area contributed by atoms with Gasteiger partial charge in [0.25, 0.3) is 0 Å². The van der Waals surface area contributed by atoms with Crippen molar-refractivity contribution < 1.29 is 19.0 Å². The molecule has 0 aromatic heterocycles. The highest BCUT2D eigenvalue weighted by molar-refractivity contribution is 5.69. The number of likely N-dealkylation sites (tertiary alicyclic amines) is 1. The topological polar surface area (TPSA) is 48.0 Å². The zero-order valence-corrected chi connectivity index (χ0v) is 12.2. The Morgan fingerprint density at radius 2 is 2.32 bits per heavy atom. The first-order chi connectivity index (χ1) is 9.04. The maximum atomic E-state index is 11.2. The molecule has 0 aromatic carbocycles. The summed E-state index contributed by atoms with van der Waals surface area (Å²) in [6.07, 6.45) is 2.22. The first kappa shape index (κ1) is 14.8. The Labute approximate surface area is 115 Å². The second-order valence-electron chi connectivity index (χ2n) is 5.72. The van der Waals surface area contributed by atoms with Crippen LogP contribution in [-0.4, -0.2) is 56.1 Å². The molecular formula is C14H25NO4. The van der Waals surface area contributed by atoms with Crippen LogP contribution >= 0.6 is 0 Å². The lowest BCUT2D eigenvalue weighted by atomic mass is 9.99. The maximum Gasteiger partial charge on any atom is 0.308 e. The highest BCUT2D eigenvalue weighted by Gasteiger charge is 2.41. The van der Waals surface area contributed by atoms with Gasteiger partial charge in [0, 0.05) is 13.0 Å². The monoisotopic (exact) mass is 271 g/mol. The lowest BCUT2D eigenvalue weighted by Gasteiger charge is -2.26. The Hall–Kier alpha value is -0.650. The van der Waals surface area contributed by atoms with Crippen LogP contribution in [0.5, 0.6) is 0 Å². The molecular weight excluding hydrogens is 246 g/mol. The third-order valence-corrected chi connectivity index (χ3v) is 4.09. The normalized spacial score (nSPS) is 35.7. The molecule has 0 spiro atoms. The Bertz CT molecular complexity index is 323. The van der Waals surface area contributed by atoms with E-state index in [1.807, 2.05) is 6.92 Å². The van der Waals surface area contributed by atoms with E-state index in [9.17, 15) is 4.79 Å². The van der Waals surface area contributed by atoms with Gasteiger partial charge < -0.3 is 19.1 Å². The van der Waals surface area contributed by atoms with Gasteiger partial charge in [-0.25, -0.2) is 0 Å². The van der Waals surface area contributed by atoms with Crippen LogP contribution in [0.2, 0.25) is 0 Å². The maximum absolute atomic E-state index is 11.2. The van der Waals surface area contributed by atoms with Crippen molar-refractivity contribution in [1.29, 1.82) is 0 Å². The summed E-state index contributed by atoms with van der Waals surface area (Å²) in [5.74, 6) is -0.148. The first-order valence-electron chi connectivity index (χ1n) is 7.15. The molecule has 2 aliphatic heterocycles. The van der Waals surface area contributed by atoms with Gasteiger partial charge in [-0.3, -0.25) is 4.79 Å². The molecule has 2 heterocycles. The van der Waals surface area contributed by atoms with E-state index in [2.05, 4.69) is 16.6 Å². The van der Waals surface area contributed by atoms with Gasteiger partial charge in [0.15, 0.2) is 5.79 Å². The van der Waals surface area contributed by atoms with Gasteiger partial charge in [0.05, 0.1) is 26.2 Å². The van der Waals surface area contributed by atoms with Crippen LogP contribution in [0.1, 0.15) is 33.1 Å². The van der Waals surface area contributed by atoms with E-state index in [1.165, 1.54) is 20.1 Å². The van der Waals surface area contributed by atoms with E-state index < -0.39 is 5.79 Å². The van der Waals surface area contributed by atoms with Crippen LogP contribution in [0.15, 0.2) is 0 Å². The number of nitrogens with zero attached hydrogens (tertiary/aromatic N) is 1. The van der Waals surface area contributed by atoms with E-state index in [0.717, 1.165) is 19.5 Å². The Morgan fingerprint density at radius 3 is 2.95 bits per heavy atom. The Kier molecular flexibility index (Phi) is 4.81. The summed E-state index contributed by atoms with van der Waals surface area (Å²) in [6.45, 7) is 8.07. The molecule has 0 aromatic rings. The molecule has 0 amide bonds. The van der Waals surface area contributed by atoms with Crippen molar-refractivity contribution in [3.63, 3.8) is 0 Å². The van der Waals surface area contributed by atoms with Crippen molar-refractivity contribution >= 4 is 5.97 Å². The molecule has 3 unspecified atom stereocenters. The molecule has 0 radical (unpaired) electrons. The fraction of sp³-hybridized carbons (Fsp3) is 0.929. The lowest BCUT2D eigenvalue weighted by Crippen LogP contribution is -2.31. The number of hydrogen-bond acceptors (Lipinski definition) is 5. The van der Waals surface area contributed by atoms with Crippen molar-refractivity contribution in [2.45, 2.75) is 45.0 Å². The Balaban J connectivity index is 1.79. The minimum atomic E-state index is -0.535. The number of carbonyl (C=O) groups is 1. The zero-order chi connectivity index (χ0) is 13.9. The molecule has 2 saturated heterocycles. The van der Waals surface area contributed by atoms with Crippen LogP contribution in [0.25, 0.3) is 0 Å². The van der Waals surface area contributed by atoms with Crippen LogP contribution in [0, 0.1) is 5.92 Å². The summed E-state index contributed by atoms with van der Waals surface area (Å²) in [5, 5.41) is 0.